The number of benzene rings is 1. The van der Waals surface area contributed by atoms with Crippen molar-refractivity contribution in [1.82, 2.24) is 14.7 Å². The lowest BCUT2D eigenvalue weighted by molar-refractivity contribution is -0.135. The van der Waals surface area contributed by atoms with Gasteiger partial charge in [-0.3, -0.25) is 9.59 Å². The van der Waals surface area contributed by atoms with Gasteiger partial charge in [-0.05, 0) is 19.1 Å². The fourth-order valence-electron chi connectivity index (χ4n) is 2.71. The monoisotopic (exact) mass is 398 g/mol. The second-order valence-electron chi connectivity index (χ2n) is 5.99. The normalized spacial score (nSPS) is 15.5. The summed E-state index contributed by atoms with van der Waals surface area (Å²) in [6, 6.07) is 2.09. The van der Waals surface area contributed by atoms with Gasteiger partial charge >= 0.3 is 0 Å². The maximum Gasteiger partial charge on any atom is 0.292 e. The van der Waals surface area contributed by atoms with Crippen LogP contribution in [0.4, 0.5) is 14.5 Å². The fraction of sp³-hybridized carbons (Fsp3) is 0.353. The molecule has 2 heterocycles. The molecule has 0 aliphatic carbocycles. The van der Waals surface area contributed by atoms with Gasteiger partial charge in [-0.15, -0.1) is 0 Å². The van der Waals surface area contributed by atoms with Crippen LogP contribution < -0.4 is 10.9 Å². The van der Waals surface area contributed by atoms with Crippen LogP contribution in [0.3, 0.4) is 0 Å². The SMILES string of the molecule is CC(Nc1cnn(-c2ccc(F)cc2F)c(=O)c1Cl)C(=O)N1CCOCC1. The van der Waals surface area contributed by atoms with Crippen LogP contribution in [-0.2, 0) is 9.53 Å². The average molecular weight is 399 g/mol. The van der Waals surface area contributed by atoms with Crippen LogP contribution >= 0.6 is 11.6 Å². The quantitative estimate of drug-likeness (QED) is 0.850. The minimum absolute atomic E-state index is 0.148. The zero-order chi connectivity index (χ0) is 19.6. The van der Waals surface area contributed by atoms with E-state index in [-0.39, 0.29) is 22.3 Å². The van der Waals surface area contributed by atoms with Crippen LogP contribution in [0.15, 0.2) is 29.2 Å². The van der Waals surface area contributed by atoms with Crippen molar-refractivity contribution in [2.75, 3.05) is 31.6 Å². The van der Waals surface area contributed by atoms with Gasteiger partial charge in [0.1, 0.15) is 22.6 Å². The Morgan fingerprint density at radius 1 is 1.33 bits per heavy atom. The molecule has 1 saturated heterocycles. The van der Waals surface area contributed by atoms with Crippen molar-refractivity contribution < 1.29 is 18.3 Å². The molecule has 1 unspecified atom stereocenters. The third-order valence-corrected chi connectivity index (χ3v) is 4.49. The molecule has 1 aromatic heterocycles. The molecule has 1 N–H and O–H groups in total. The number of ether oxygens (including phenoxy) is 1. The molecule has 1 fully saturated rings. The van der Waals surface area contributed by atoms with Crippen LogP contribution in [0.2, 0.25) is 5.02 Å². The van der Waals surface area contributed by atoms with Gasteiger partial charge in [0.25, 0.3) is 5.56 Å². The Morgan fingerprint density at radius 3 is 2.70 bits per heavy atom. The molecule has 0 bridgehead atoms. The summed E-state index contributed by atoms with van der Waals surface area (Å²) in [4.78, 5) is 26.5. The van der Waals surface area contributed by atoms with Crippen molar-refractivity contribution in [2.45, 2.75) is 13.0 Å². The van der Waals surface area contributed by atoms with E-state index >= 15 is 0 Å². The molecule has 0 saturated carbocycles. The van der Waals surface area contributed by atoms with Crippen molar-refractivity contribution in [3.05, 3.63) is 51.4 Å². The van der Waals surface area contributed by atoms with Gasteiger partial charge in [-0.1, -0.05) is 11.6 Å². The van der Waals surface area contributed by atoms with Gasteiger partial charge in [-0.2, -0.15) is 9.78 Å². The third kappa shape index (κ3) is 4.09. The predicted octanol–water partition coefficient (Wildman–Crippen LogP) is 1.82. The number of nitrogens with zero attached hydrogens (tertiary/aromatic N) is 3. The molecule has 27 heavy (non-hydrogen) atoms. The van der Waals surface area contributed by atoms with E-state index in [1.165, 1.54) is 6.20 Å². The molecule has 1 atom stereocenters. The summed E-state index contributed by atoms with van der Waals surface area (Å²) < 4.78 is 32.9. The van der Waals surface area contributed by atoms with E-state index in [1.54, 1.807) is 11.8 Å². The molecule has 10 heteroatoms. The highest BCUT2D eigenvalue weighted by Crippen LogP contribution is 2.19. The van der Waals surface area contributed by atoms with Crippen LogP contribution in [0.1, 0.15) is 6.92 Å². The number of amides is 1. The van der Waals surface area contributed by atoms with E-state index in [4.69, 9.17) is 16.3 Å². The predicted molar refractivity (Wildman–Crippen MR) is 95.2 cm³/mol. The van der Waals surface area contributed by atoms with E-state index in [0.717, 1.165) is 16.8 Å². The van der Waals surface area contributed by atoms with Crippen LogP contribution in [0.5, 0.6) is 0 Å². The Balaban J connectivity index is 1.82. The second kappa shape index (κ2) is 8.01. The number of rotatable bonds is 4. The summed E-state index contributed by atoms with van der Waals surface area (Å²) in [6.07, 6.45) is 1.22. The Labute approximate surface area is 158 Å². The number of morpholine rings is 1. The zero-order valence-corrected chi connectivity index (χ0v) is 15.2. The maximum absolute atomic E-state index is 13.9. The molecule has 1 amide bonds. The van der Waals surface area contributed by atoms with Gasteiger partial charge in [0.2, 0.25) is 5.91 Å². The zero-order valence-electron chi connectivity index (χ0n) is 14.4. The topological polar surface area (TPSA) is 76.5 Å². The third-order valence-electron chi connectivity index (χ3n) is 4.12. The van der Waals surface area contributed by atoms with Gasteiger partial charge in [0.05, 0.1) is 25.1 Å². The first-order valence-corrected chi connectivity index (χ1v) is 8.62. The summed E-state index contributed by atoms with van der Waals surface area (Å²) in [5.41, 5.74) is -0.875. The van der Waals surface area contributed by atoms with Crippen molar-refractivity contribution in [3.63, 3.8) is 0 Å². The van der Waals surface area contributed by atoms with Crippen molar-refractivity contribution in [3.8, 4) is 5.69 Å². The molecule has 2 aromatic rings. The van der Waals surface area contributed by atoms with Gasteiger partial charge in [-0.25, -0.2) is 8.78 Å². The molecule has 0 spiro atoms. The highest BCUT2D eigenvalue weighted by molar-refractivity contribution is 6.33. The van der Waals surface area contributed by atoms with Crippen molar-refractivity contribution in [1.29, 1.82) is 0 Å². The Hall–Kier alpha value is -2.52. The molecule has 3 rings (SSSR count). The summed E-state index contributed by atoms with van der Waals surface area (Å²) >= 11 is 6.09. The molecular formula is C17H17ClF2N4O3. The second-order valence-corrected chi connectivity index (χ2v) is 6.37. The lowest BCUT2D eigenvalue weighted by atomic mass is 10.2. The lowest BCUT2D eigenvalue weighted by Gasteiger charge is -2.29. The highest BCUT2D eigenvalue weighted by atomic mass is 35.5. The van der Waals surface area contributed by atoms with E-state index in [1.807, 2.05) is 0 Å². The first-order chi connectivity index (χ1) is 12.9. The van der Waals surface area contributed by atoms with Gasteiger partial charge in [0.15, 0.2) is 5.82 Å². The number of hydrogen-bond acceptors (Lipinski definition) is 5. The van der Waals surface area contributed by atoms with Crippen molar-refractivity contribution in [2.24, 2.45) is 0 Å². The van der Waals surface area contributed by atoms with Gasteiger partial charge < -0.3 is 15.0 Å². The number of aromatic nitrogens is 2. The fourth-order valence-corrected chi connectivity index (χ4v) is 2.89. The Bertz CT molecular complexity index is 916. The Morgan fingerprint density at radius 2 is 2.04 bits per heavy atom. The van der Waals surface area contributed by atoms with Gasteiger partial charge in [0, 0.05) is 19.2 Å². The van der Waals surface area contributed by atoms with Crippen LogP contribution in [0, 0.1) is 11.6 Å². The summed E-state index contributed by atoms with van der Waals surface area (Å²) in [5.74, 6) is -1.88. The molecule has 0 radical (unpaired) electrons. The van der Waals surface area contributed by atoms with Crippen molar-refractivity contribution >= 4 is 23.2 Å². The smallest absolute Gasteiger partial charge is 0.292 e. The number of carbonyl (C=O) groups is 1. The maximum atomic E-state index is 13.9. The number of carbonyl (C=O) groups excluding carboxylic acids is 1. The largest absolute Gasteiger partial charge is 0.378 e. The lowest BCUT2D eigenvalue weighted by Crippen LogP contribution is -2.47. The molecular weight excluding hydrogens is 382 g/mol. The summed E-state index contributed by atoms with van der Waals surface area (Å²) in [7, 11) is 0. The number of nitrogens with one attached hydrogen (secondary N) is 1. The number of halogens is 3. The number of hydrogen-bond donors (Lipinski definition) is 1. The van der Waals surface area contributed by atoms with E-state index < -0.39 is 23.2 Å². The first kappa shape index (κ1) is 19.2. The molecule has 1 aliphatic rings. The summed E-state index contributed by atoms with van der Waals surface area (Å²) in [5, 5.41) is 6.48. The van der Waals surface area contributed by atoms with E-state index in [9.17, 15) is 18.4 Å². The minimum Gasteiger partial charge on any atom is -0.378 e. The average Bonchev–Trinajstić information content (AvgIpc) is 2.66. The molecule has 7 nitrogen and oxygen atoms in total. The van der Waals surface area contributed by atoms with E-state index in [2.05, 4.69) is 10.4 Å². The standard InChI is InChI=1S/C17H17ClF2N4O3/c1-10(16(25)23-4-6-27-7-5-23)22-13-9-21-24(17(26)15(13)18)14-3-2-11(19)8-12(14)20/h2-3,8-10,22H,4-7H2,1H3. The summed E-state index contributed by atoms with van der Waals surface area (Å²) in [6.45, 7) is 3.56. The van der Waals surface area contributed by atoms with E-state index in [0.29, 0.717) is 32.4 Å². The molecule has 1 aliphatic heterocycles. The highest BCUT2D eigenvalue weighted by Gasteiger charge is 2.24. The molecule has 1 aromatic carbocycles. The molecule has 144 valence electrons. The Kier molecular flexibility index (Phi) is 5.71. The first-order valence-electron chi connectivity index (χ1n) is 8.25. The van der Waals surface area contributed by atoms with Crippen LogP contribution in [0.25, 0.3) is 5.69 Å². The number of anilines is 1. The minimum atomic E-state index is -0.947. The van der Waals surface area contributed by atoms with Crippen LogP contribution in [-0.4, -0.2) is 52.9 Å².